The van der Waals surface area contributed by atoms with E-state index in [4.69, 9.17) is 21.6 Å². The summed E-state index contributed by atoms with van der Waals surface area (Å²) in [5, 5.41) is 9.00. The Kier molecular flexibility index (Phi) is 4.80. The third kappa shape index (κ3) is 3.65. The third-order valence-electron chi connectivity index (χ3n) is 2.24. The van der Waals surface area contributed by atoms with E-state index in [9.17, 15) is 4.79 Å². The summed E-state index contributed by atoms with van der Waals surface area (Å²) in [6.45, 7) is 0.157. The van der Waals surface area contributed by atoms with Crippen LogP contribution in [0.1, 0.15) is 6.42 Å². The first-order chi connectivity index (χ1) is 8.08. The number of carbonyl (C=O) groups is 1. The standard InChI is InChI=1S/C12H13ClN2O2/c1-15(8-10(16)5-6-14)11-7-9(13)3-4-12(11)17-2/h3-4,7H,5,8H2,1-2H3. The Balaban J connectivity index is 2.88. The molecule has 0 saturated carbocycles. The molecule has 0 atom stereocenters. The van der Waals surface area contributed by atoms with Crippen molar-refractivity contribution in [3.8, 4) is 11.8 Å². The molecular weight excluding hydrogens is 240 g/mol. The van der Waals surface area contributed by atoms with Crippen molar-refractivity contribution in [2.45, 2.75) is 6.42 Å². The monoisotopic (exact) mass is 252 g/mol. The Labute approximate surface area is 105 Å². The van der Waals surface area contributed by atoms with Gasteiger partial charge in [-0.25, -0.2) is 0 Å². The van der Waals surface area contributed by atoms with Crippen LogP contribution in [0.2, 0.25) is 5.02 Å². The quantitative estimate of drug-likeness (QED) is 0.807. The van der Waals surface area contributed by atoms with Crippen LogP contribution in [0.15, 0.2) is 18.2 Å². The fourth-order valence-electron chi connectivity index (χ4n) is 1.46. The van der Waals surface area contributed by atoms with E-state index in [1.165, 1.54) is 0 Å². The van der Waals surface area contributed by atoms with Gasteiger partial charge in [-0.3, -0.25) is 4.79 Å². The molecule has 0 aliphatic rings. The molecule has 0 aliphatic carbocycles. The molecule has 17 heavy (non-hydrogen) atoms. The minimum atomic E-state index is -0.142. The maximum Gasteiger partial charge on any atom is 0.166 e. The molecular formula is C12H13ClN2O2. The molecule has 4 nitrogen and oxygen atoms in total. The van der Waals surface area contributed by atoms with Gasteiger partial charge in [-0.05, 0) is 18.2 Å². The lowest BCUT2D eigenvalue weighted by molar-refractivity contribution is -0.116. The number of ketones is 1. The van der Waals surface area contributed by atoms with Crippen molar-refractivity contribution >= 4 is 23.1 Å². The molecule has 0 radical (unpaired) electrons. The zero-order valence-corrected chi connectivity index (χ0v) is 10.5. The number of benzene rings is 1. The molecule has 1 rings (SSSR count). The summed E-state index contributed by atoms with van der Waals surface area (Å²) in [4.78, 5) is 13.1. The number of anilines is 1. The van der Waals surface area contributed by atoms with Crippen LogP contribution < -0.4 is 9.64 Å². The largest absolute Gasteiger partial charge is 0.495 e. The van der Waals surface area contributed by atoms with Crippen LogP contribution >= 0.6 is 11.6 Å². The number of carbonyl (C=O) groups excluding carboxylic acids is 1. The second kappa shape index (κ2) is 6.12. The van der Waals surface area contributed by atoms with Gasteiger partial charge >= 0.3 is 0 Å². The highest BCUT2D eigenvalue weighted by molar-refractivity contribution is 6.31. The smallest absolute Gasteiger partial charge is 0.166 e. The average Bonchev–Trinajstić information content (AvgIpc) is 2.29. The van der Waals surface area contributed by atoms with Gasteiger partial charge in [-0.15, -0.1) is 0 Å². The number of nitriles is 1. The average molecular weight is 253 g/mol. The summed E-state index contributed by atoms with van der Waals surface area (Å²) in [6.07, 6.45) is -0.0901. The molecule has 0 spiro atoms. The molecule has 0 unspecified atom stereocenters. The van der Waals surface area contributed by atoms with E-state index >= 15 is 0 Å². The van der Waals surface area contributed by atoms with Crippen LogP contribution in [0.3, 0.4) is 0 Å². The zero-order valence-electron chi connectivity index (χ0n) is 9.74. The van der Waals surface area contributed by atoms with Crippen molar-refractivity contribution in [2.24, 2.45) is 0 Å². The molecule has 0 amide bonds. The Bertz CT molecular complexity index is 454. The van der Waals surface area contributed by atoms with E-state index in [1.807, 2.05) is 6.07 Å². The molecule has 1 aromatic carbocycles. The van der Waals surface area contributed by atoms with Gasteiger partial charge in [-0.2, -0.15) is 5.26 Å². The molecule has 0 aliphatic heterocycles. The lowest BCUT2D eigenvalue weighted by Crippen LogP contribution is -2.25. The number of methoxy groups -OCH3 is 1. The topological polar surface area (TPSA) is 53.3 Å². The van der Waals surface area contributed by atoms with Crippen LogP contribution in [0.5, 0.6) is 5.75 Å². The SMILES string of the molecule is COc1ccc(Cl)cc1N(C)CC(=O)CC#N. The van der Waals surface area contributed by atoms with E-state index in [2.05, 4.69) is 0 Å². The molecule has 1 aromatic rings. The Morgan fingerprint density at radius 3 is 2.88 bits per heavy atom. The van der Waals surface area contributed by atoms with Crippen LogP contribution in [-0.2, 0) is 4.79 Å². The lowest BCUT2D eigenvalue weighted by Gasteiger charge is -2.20. The summed E-state index contributed by atoms with van der Waals surface area (Å²) in [7, 11) is 3.31. The second-order valence-corrected chi connectivity index (χ2v) is 3.98. The minimum absolute atomic E-state index is 0.0901. The van der Waals surface area contributed by atoms with Crippen molar-refractivity contribution in [2.75, 3.05) is 25.6 Å². The third-order valence-corrected chi connectivity index (χ3v) is 2.48. The lowest BCUT2D eigenvalue weighted by atomic mass is 10.2. The summed E-state index contributed by atoms with van der Waals surface area (Å²) in [5.41, 5.74) is 0.728. The first kappa shape index (κ1) is 13.3. The van der Waals surface area contributed by atoms with E-state index in [-0.39, 0.29) is 18.7 Å². The van der Waals surface area contributed by atoms with Crippen LogP contribution in [0, 0.1) is 11.3 Å². The predicted molar refractivity (Wildman–Crippen MR) is 66.5 cm³/mol. The molecule has 0 saturated heterocycles. The highest BCUT2D eigenvalue weighted by atomic mass is 35.5. The fraction of sp³-hybridized carbons (Fsp3) is 0.333. The van der Waals surface area contributed by atoms with Crippen LogP contribution in [0.4, 0.5) is 5.69 Å². The number of nitrogens with zero attached hydrogens (tertiary/aromatic N) is 2. The van der Waals surface area contributed by atoms with Gasteiger partial charge in [0.05, 0.1) is 31.8 Å². The molecule has 0 fully saturated rings. The van der Waals surface area contributed by atoms with Gasteiger partial charge in [0.15, 0.2) is 5.78 Å². The van der Waals surface area contributed by atoms with Crippen molar-refractivity contribution in [1.29, 1.82) is 5.26 Å². The molecule has 0 bridgehead atoms. The summed E-state index contributed by atoms with van der Waals surface area (Å²) in [6, 6.07) is 7.01. The molecule has 0 N–H and O–H groups in total. The predicted octanol–water partition coefficient (Wildman–Crippen LogP) is 2.27. The number of rotatable bonds is 5. The highest BCUT2D eigenvalue weighted by Gasteiger charge is 2.12. The van der Waals surface area contributed by atoms with Gasteiger partial charge < -0.3 is 9.64 Å². The van der Waals surface area contributed by atoms with Crippen molar-refractivity contribution in [3.05, 3.63) is 23.2 Å². The maximum atomic E-state index is 11.4. The number of halogens is 1. The summed E-state index contributed by atoms with van der Waals surface area (Å²) >= 11 is 5.90. The van der Waals surface area contributed by atoms with Crippen LogP contribution in [-0.4, -0.2) is 26.5 Å². The van der Waals surface area contributed by atoms with Gasteiger partial charge in [0.25, 0.3) is 0 Å². The summed E-state index contributed by atoms with van der Waals surface area (Å²) < 4.78 is 5.19. The Hall–Kier alpha value is -1.73. The number of hydrogen-bond donors (Lipinski definition) is 0. The van der Waals surface area contributed by atoms with Gasteiger partial charge in [0.2, 0.25) is 0 Å². The second-order valence-electron chi connectivity index (χ2n) is 3.55. The number of ether oxygens (including phenoxy) is 1. The number of hydrogen-bond acceptors (Lipinski definition) is 4. The van der Waals surface area contributed by atoms with Gasteiger partial charge in [-0.1, -0.05) is 11.6 Å². The first-order valence-electron chi connectivity index (χ1n) is 5.01. The van der Waals surface area contributed by atoms with Crippen molar-refractivity contribution < 1.29 is 9.53 Å². The van der Waals surface area contributed by atoms with Crippen molar-refractivity contribution in [1.82, 2.24) is 0 Å². The number of Topliss-reactive ketones (excluding diaryl/α,β-unsaturated/α-hetero) is 1. The Morgan fingerprint density at radius 1 is 1.59 bits per heavy atom. The zero-order chi connectivity index (χ0) is 12.8. The molecule has 5 heteroatoms. The Morgan fingerprint density at radius 2 is 2.29 bits per heavy atom. The van der Waals surface area contributed by atoms with Crippen molar-refractivity contribution in [3.63, 3.8) is 0 Å². The first-order valence-corrected chi connectivity index (χ1v) is 5.39. The molecule has 90 valence electrons. The van der Waals surface area contributed by atoms with Gasteiger partial charge in [0, 0.05) is 12.1 Å². The van der Waals surface area contributed by atoms with E-state index < -0.39 is 0 Å². The molecule has 0 heterocycles. The van der Waals surface area contributed by atoms with Gasteiger partial charge in [0.1, 0.15) is 5.75 Å². The minimum Gasteiger partial charge on any atom is -0.495 e. The van der Waals surface area contributed by atoms with Crippen LogP contribution in [0.25, 0.3) is 0 Å². The maximum absolute atomic E-state index is 11.4. The van der Waals surface area contributed by atoms with E-state index in [1.54, 1.807) is 37.3 Å². The number of likely N-dealkylation sites (N-methyl/N-ethyl adjacent to an activating group) is 1. The normalized spacial score (nSPS) is 9.53. The summed E-state index contributed by atoms with van der Waals surface area (Å²) in [5.74, 6) is 0.499. The fourth-order valence-corrected chi connectivity index (χ4v) is 1.62. The van der Waals surface area contributed by atoms with E-state index in [0.29, 0.717) is 10.8 Å². The van der Waals surface area contributed by atoms with E-state index in [0.717, 1.165) is 5.69 Å². The highest BCUT2D eigenvalue weighted by Crippen LogP contribution is 2.30. The molecule has 0 aromatic heterocycles.